The van der Waals surface area contributed by atoms with Crippen LogP contribution in [-0.4, -0.2) is 30.7 Å². The minimum absolute atomic E-state index is 0. The number of carbonyl (C=O) groups is 1. The Morgan fingerprint density at radius 2 is 1.77 bits per heavy atom. The van der Waals surface area contributed by atoms with E-state index in [4.69, 9.17) is 5.73 Å². The van der Waals surface area contributed by atoms with Crippen LogP contribution in [0.2, 0.25) is 0 Å². The minimum atomic E-state index is -4.37. The van der Waals surface area contributed by atoms with E-state index in [0.717, 1.165) is 0 Å². The number of nitrogens with two attached hydrogens (primary N) is 1. The molecule has 2 N–H and O–H groups in total. The van der Waals surface area contributed by atoms with Crippen LogP contribution in [0.25, 0.3) is 0 Å². The van der Waals surface area contributed by atoms with Gasteiger partial charge < -0.3 is 20.2 Å². The summed E-state index contributed by atoms with van der Waals surface area (Å²) < 4.78 is 29.8. The van der Waals surface area contributed by atoms with Gasteiger partial charge in [-0.2, -0.15) is 0 Å². The third kappa shape index (κ3) is 12.5. The Kier molecular flexibility index (Phi) is 11.6. The quantitative estimate of drug-likeness (QED) is 0.351. The molecule has 0 fully saturated rings. The van der Waals surface area contributed by atoms with Crippen molar-refractivity contribution in [2.24, 2.45) is 5.73 Å². The number of hydrogen-bond donors (Lipinski definition) is 1. The molecule has 1 unspecified atom stereocenters. The average molecular weight is 195 g/mol. The van der Waals surface area contributed by atoms with Crippen LogP contribution >= 0.6 is 0 Å². The van der Waals surface area contributed by atoms with E-state index in [-0.39, 0.29) is 37.7 Å². The van der Waals surface area contributed by atoms with Gasteiger partial charge in [0.15, 0.2) is 0 Å². The summed E-state index contributed by atoms with van der Waals surface area (Å²) in [6.07, 6.45) is -0.409. The molecule has 0 aliphatic rings. The maximum absolute atomic E-state index is 9.93. The zero-order valence-corrected chi connectivity index (χ0v) is 8.33. The molecule has 0 saturated carbocycles. The second-order valence-corrected chi connectivity index (χ2v) is 3.50. The van der Waals surface area contributed by atoms with Gasteiger partial charge in [-0.25, -0.2) is 8.42 Å². The van der Waals surface area contributed by atoms with Crippen LogP contribution in [0, 0.1) is 0 Å². The molecule has 0 spiro atoms. The third-order valence-corrected chi connectivity index (χ3v) is 1.72. The first-order chi connectivity index (χ1) is 4.83. The summed E-state index contributed by atoms with van der Waals surface area (Å²) in [5.74, 6) is -2.34. The van der Waals surface area contributed by atoms with E-state index in [9.17, 15) is 22.9 Å². The molecule has 9 heteroatoms. The van der Waals surface area contributed by atoms with Crippen LogP contribution in [0.5, 0.6) is 0 Å². The molecule has 0 aromatic heterocycles. The van der Waals surface area contributed by atoms with Crippen LogP contribution in [0.3, 0.4) is 0 Å². The van der Waals surface area contributed by atoms with Gasteiger partial charge in [0, 0.05) is 11.8 Å². The van der Waals surface area contributed by atoms with E-state index < -0.39 is 34.3 Å². The third-order valence-electron chi connectivity index (χ3n) is 0.982. The molecule has 0 aliphatic heterocycles. The zero-order valence-electron chi connectivity index (χ0n) is 7.52. The van der Waals surface area contributed by atoms with E-state index >= 15 is 0 Å². The summed E-state index contributed by atoms with van der Waals surface area (Å²) in [7, 11) is -4.37. The van der Waals surface area contributed by atoms with Crippen molar-refractivity contribution in [3.05, 3.63) is 0 Å². The summed E-state index contributed by atoms with van der Waals surface area (Å²) in [5.41, 5.74) is 4.86. The molecule has 0 bridgehead atoms. The maximum atomic E-state index is 9.93. The van der Waals surface area contributed by atoms with Crippen LogP contribution in [-0.2, 0) is 14.9 Å². The SMILES string of the molecule is NC(CCS(=O)(=O)[O-])C(=O)[O-].[Li+].[Li+]. The number of carboxylic acids is 1. The van der Waals surface area contributed by atoms with Gasteiger partial charge in [0.05, 0.1) is 16.1 Å². The molecule has 0 amide bonds. The van der Waals surface area contributed by atoms with Crippen molar-refractivity contribution in [3.63, 3.8) is 0 Å². The van der Waals surface area contributed by atoms with Gasteiger partial charge >= 0.3 is 37.7 Å². The predicted octanol–water partition coefficient (Wildman–Crippen LogP) is -8.99. The second kappa shape index (κ2) is 7.89. The molecule has 0 heterocycles. The average Bonchev–Trinajstić information content (AvgIpc) is 1.80. The van der Waals surface area contributed by atoms with E-state index in [1.54, 1.807) is 0 Å². The number of rotatable bonds is 4. The van der Waals surface area contributed by atoms with E-state index in [1.165, 1.54) is 0 Å². The molecule has 66 valence electrons. The Balaban J connectivity index is -0.000000500. The Hall–Kier alpha value is 0.535. The van der Waals surface area contributed by atoms with Crippen molar-refractivity contribution in [1.29, 1.82) is 0 Å². The fourth-order valence-electron chi connectivity index (χ4n) is 0.389. The van der Waals surface area contributed by atoms with Gasteiger partial charge in [0.1, 0.15) is 0 Å². The van der Waals surface area contributed by atoms with Crippen molar-refractivity contribution in [2.75, 3.05) is 5.75 Å². The number of carboxylic acid groups (broad SMARTS) is 1. The van der Waals surface area contributed by atoms with E-state index in [1.807, 2.05) is 0 Å². The fourth-order valence-corrected chi connectivity index (χ4v) is 0.932. The van der Waals surface area contributed by atoms with Crippen LogP contribution in [0.15, 0.2) is 0 Å². The normalized spacial score (nSPS) is 12.2. The molecule has 0 aliphatic carbocycles. The number of hydrogen-bond acceptors (Lipinski definition) is 6. The molecule has 0 saturated heterocycles. The summed E-state index contributed by atoms with van der Waals surface area (Å²) in [4.78, 5) is 9.88. The Bertz CT molecular complexity index is 241. The van der Waals surface area contributed by atoms with Crippen molar-refractivity contribution >= 4 is 16.1 Å². The summed E-state index contributed by atoms with van der Waals surface area (Å²) >= 11 is 0. The van der Waals surface area contributed by atoms with Gasteiger partial charge in [-0.3, -0.25) is 0 Å². The van der Waals surface area contributed by atoms with Gasteiger partial charge in [0.2, 0.25) is 0 Å². The standard InChI is InChI=1S/C4H9NO5S.2Li/c5-3(4(6)7)1-2-11(8,9)10;;/h3H,1-2,5H2,(H,6,7)(H,8,9,10);;/q;2*+1/p-2. The molecule has 0 aromatic carbocycles. The van der Waals surface area contributed by atoms with Crippen molar-refractivity contribution in [1.82, 2.24) is 0 Å². The molecule has 0 rings (SSSR count). The zero-order chi connectivity index (χ0) is 9.07. The maximum Gasteiger partial charge on any atom is 1.00 e. The molecular weight excluding hydrogens is 188 g/mol. The predicted molar refractivity (Wildman–Crippen MR) is 32.2 cm³/mol. The Morgan fingerprint density at radius 1 is 1.38 bits per heavy atom. The van der Waals surface area contributed by atoms with Crippen molar-refractivity contribution in [3.8, 4) is 0 Å². The van der Waals surface area contributed by atoms with Crippen molar-refractivity contribution < 1.29 is 60.6 Å². The van der Waals surface area contributed by atoms with Gasteiger partial charge in [-0.15, -0.1) is 0 Å². The minimum Gasteiger partial charge on any atom is -0.748 e. The molecule has 0 aromatic rings. The second-order valence-electron chi connectivity index (χ2n) is 1.98. The first-order valence-electron chi connectivity index (χ1n) is 2.73. The molecular formula is C4H7Li2NO5S. The van der Waals surface area contributed by atoms with E-state index in [0.29, 0.717) is 0 Å². The largest absolute Gasteiger partial charge is 1.00 e. The van der Waals surface area contributed by atoms with Gasteiger partial charge in [-0.1, -0.05) is 0 Å². The monoisotopic (exact) mass is 195 g/mol. The number of aliphatic carboxylic acids is 1. The van der Waals surface area contributed by atoms with Crippen LogP contribution in [0.4, 0.5) is 0 Å². The summed E-state index contributed by atoms with van der Waals surface area (Å²) in [6.45, 7) is 0. The molecule has 6 nitrogen and oxygen atoms in total. The van der Waals surface area contributed by atoms with Crippen LogP contribution < -0.4 is 48.6 Å². The number of carbonyl (C=O) groups excluding carboxylic acids is 1. The molecule has 0 radical (unpaired) electrons. The van der Waals surface area contributed by atoms with Gasteiger partial charge in [-0.05, 0) is 6.42 Å². The van der Waals surface area contributed by atoms with Crippen molar-refractivity contribution in [2.45, 2.75) is 12.5 Å². The van der Waals surface area contributed by atoms with E-state index in [2.05, 4.69) is 0 Å². The van der Waals surface area contributed by atoms with Crippen LogP contribution in [0.1, 0.15) is 6.42 Å². The Labute approximate surface area is 100 Å². The fraction of sp³-hybridized carbons (Fsp3) is 0.750. The first-order valence-corrected chi connectivity index (χ1v) is 4.30. The first kappa shape index (κ1) is 19.2. The smallest absolute Gasteiger partial charge is 0.748 e. The topological polar surface area (TPSA) is 123 Å². The Morgan fingerprint density at radius 3 is 2.00 bits per heavy atom. The molecule has 1 atom stereocenters. The molecule has 13 heavy (non-hydrogen) atoms. The van der Waals surface area contributed by atoms with Gasteiger partial charge in [0.25, 0.3) is 0 Å². The summed E-state index contributed by atoms with van der Waals surface area (Å²) in [6, 6.07) is -1.39. The summed E-state index contributed by atoms with van der Waals surface area (Å²) in [5, 5.41) is 9.88.